The molecule has 0 amide bonds. The average Bonchev–Trinajstić information content (AvgIpc) is 2.85. The van der Waals surface area contributed by atoms with E-state index in [1.807, 2.05) is 0 Å². The molecule has 4 nitrogen and oxygen atoms in total. The molecule has 8 N–H and O–H groups in total. The van der Waals surface area contributed by atoms with Crippen LogP contribution in [0.1, 0.15) is 22.3 Å². The first-order chi connectivity index (χ1) is 20.1. The van der Waals surface area contributed by atoms with Gasteiger partial charge in [0.1, 0.15) is 0 Å². The Hall–Kier alpha value is -4.76. The molecule has 0 aliphatic carbocycles. The number of rotatable bonds is 3. The van der Waals surface area contributed by atoms with Crippen LogP contribution in [0.15, 0.2) is 60.7 Å². The van der Waals surface area contributed by atoms with Crippen LogP contribution in [0.2, 0.25) is 0 Å². The molecule has 0 atom stereocenters. The van der Waals surface area contributed by atoms with Gasteiger partial charge in [-0.25, -0.2) is 0 Å². The van der Waals surface area contributed by atoms with E-state index in [9.17, 15) is 52.7 Å². The number of benzene rings is 4. The van der Waals surface area contributed by atoms with Crippen molar-refractivity contribution in [1.82, 2.24) is 0 Å². The summed E-state index contributed by atoms with van der Waals surface area (Å²) in [6.45, 7) is 0. The molecule has 0 unspecified atom stereocenters. The van der Waals surface area contributed by atoms with E-state index in [0.717, 1.165) is 24.3 Å². The number of hydrogen-bond donors (Lipinski definition) is 4. The summed E-state index contributed by atoms with van der Waals surface area (Å²) in [5.74, 6) is 0. The molecule has 0 saturated carbocycles. The maximum absolute atomic E-state index is 14.8. The maximum atomic E-state index is 14.8. The molecular weight excluding hydrogens is 620 g/mol. The predicted molar refractivity (Wildman–Crippen MR) is 140 cm³/mol. The Morgan fingerprint density at radius 2 is 0.591 bits per heavy atom. The molecule has 0 saturated heterocycles. The lowest BCUT2D eigenvalue weighted by atomic mass is 9.83. The van der Waals surface area contributed by atoms with E-state index in [-0.39, 0.29) is 0 Å². The molecule has 0 fully saturated rings. The zero-order valence-corrected chi connectivity index (χ0v) is 21.6. The molecule has 44 heavy (non-hydrogen) atoms. The van der Waals surface area contributed by atoms with Gasteiger partial charge >= 0.3 is 24.7 Å². The summed E-state index contributed by atoms with van der Waals surface area (Å²) in [4.78, 5) is 0. The summed E-state index contributed by atoms with van der Waals surface area (Å²) in [7, 11) is 0. The number of halogens is 12. The van der Waals surface area contributed by atoms with E-state index < -0.39 is 103 Å². The predicted octanol–water partition coefficient (Wildman–Crippen LogP) is 9.09. The summed E-state index contributed by atoms with van der Waals surface area (Å²) in [6, 6.07) is 6.81. The average molecular weight is 638 g/mol. The van der Waals surface area contributed by atoms with E-state index in [1.54, 1.807) is 0 Å². The highest BCUT2D eigenvalue weighted by atomic mass is 19.4. The minimum Gasteiger partial charge on any atom is -0.398 e. The first-order valence-corrected chi connectivity index (χ1v) is 12.0. The molecule has 0 aromatic heterocycles. The standard InChI is InChI=1S/C28H18F12N4/c29-25(30,31)21-11(3-1-5-17(21)43)13-7-9-15(41)19(23(13)27(35,36)37)20-16(42)10-8-14(24(20)28(38,39)40)12-4-2-6-18(44)22(12)26(32,33)34/h1-10H,41-44H2. The van der Waals surface area contributed by atoms with Crippen LogP contribution >= 0.6 is 0 Å². The first-order valence-electron chi connectivity index (χ1n) is 12.0. The molecule has 0 aliphatic heterocycles. The molecule has 4 rings (SSSR count). The fourth-order valence-electron chi connectivity index (χ4n) is 5.04. The van der Waals surface area contributed by atoms with Gasteiger partial charge in [-0.1, -0.05) is 36.4 Å². The highest BCUT2D eigenvalue weighted by Crippen LogP contribution is 2.55. The second-order valence-corrected chi connectivity index (χ2v) is 9.44. The fraction of sp³-hybridized carbons (Fsp3) is 0.143. The van der Waals surface area contributed by atoms with E-state index in [1.165, 1.54) is 0 Å². The normalized spacial score (nSPS) is 12.9. The molecule has 4 aromatic carbocycles. The van der Waals surface area contributed by atoms with Gasteiger partial charge in [-0.15, -0.1) is 0 Å². The Kier molecular flexibility index (Phi) is 7.64. The number of nitrogens with two attached hydrogens (primary N) is 4. The Morgan fingerprint density at radius 3 is 0.864 bits per heavy atom. The quantitative estimate of drug-likeness (QED) is 0.133. The minimum atomic E-state index is -5.69. The van der Waals surface area contributed by atoms with E-state index in [4.69, 9.17) is 22.9 Å². The van der Waals surface area contributed by atoms with Gasteiger partial charge in [-0.2, -0.15) is 52.7 Å². The van der Waals surface area contributed by atoms with Gasteiger partial charge in [-0.3, -0.25) is 0 Å². The summed E-state index contributed by atoms with van der Waals surface area (Å²) >= 11 is 0. The Balaban J connectivity index is 2.27. The van der Waals surface area contributed by atoms with Crippen LogP contribution in [0.4, 0.5) is 75.4 Å². The van der Waals surface area contributed by atoms with Gasteiger partial charge < -0.3 is 22.9 Å². The third-order valence-electron chi connectivity index (χ3n) is 6.63. The van der Waals surface area contributed by atoms with Crippen LogP contribution in [0.5, 0.6) is 0 Å². The van der Waals surface area contributed by atoms with Crippen LogP contribution < -0.4 is 22.9 Å². The SMILES string of the molecule is Nc1ccc(-c2cccc(N)c2C(F)(F)F)c(C(F)(F)F)c1-c1c(N)ccc(-c2cccc(N)c2C(F)(F)F)c1C(F)(F)F. The highest BCUT2D eigenvalue weighted by molar-refractivity contribution is 5.97. The smallest absolute Gasteiger partial charge is 0.398 e. The molecule has 16 heteroatoms. The van der Waals surface area contributed by atoms with Crippen LogP contribution in [-0.4, -0.2) is 0 Å². The summed E-state index contributed by atoms with van der Waals surface area (Å²) in [6.07, 6.45) is -22.0. The summed E-state index contributed by atoms with van der Waals surface area (Å²) in [5, 5.41) is 0. The van der Waals surface area contributed by atoms with Crippen molar-refractivity contribution in [2.45, 2.75) is 24.7 Å². The Morgan fingerprint density at radius 1 is 0.318 bits per heavy atom. The molecule has 0 bridgehead atoms. The van der Waals surface area contributed by atoms with Crippen molar-refractivity contribution in [2.75, 3.05) is 22.9 Å². The van der Waals surface area contributed by atoms with E-state index in [0.29, 0.717) is 36.4 Å². The highest BCUT2D eigenvalue weighted by Gasteiger charge is 2.46. The van der Waals surface area contributed by atoms with E-state index >= 15 is 0 Å². The van der Waals surface area contributed by atoms with Crippen LogP contribution in [0.25, 0.3) is 33.4 Å². The van der Waals surface area contributed by atoms with Gasteiger partial charge in [-0.05, 0) is 46.5 Å². The van der Waals surface area contributed by atoms with Gasteiger partial charge in [0.05, 0.1) is 22.3 Å². The first kappa shape index (κ1) is 32.2. The third kappa shape index (κ3) is 5.63. The summed E-state index contributed by atoms with van der Waals surface area (Å²) < 4.78 is 173. The molecule has 234 valence electrons. The number of anilines is 4. The summed E-state index contributed by atoms with van der Waals surface area (Å²) in [5.41, 5.74) is 3.03. The van der Waals surface area contributed by atoms with Crippen molar-refractivity contribution < 1.29 is 52.7 Å². The van der Waals surface area contributed by atoms with Crippen molar-refractivity contribution in [3.63, 3.8) is 0 Å². The lowest BCUT2D eigenvalue weighted by molar-refractivity contribution is -0.139. The molecule has 4 aromatic rings. The van der Waals surface area contributed by atoms with Crippen molar-refractivity contribution in [3.8, 4) is 33.4 Å². The number of nitrogen functional groups attached to an aromatic ring is 4. The molecule has 0 radical (unpaired) electrons. The molecular formula is C28H18F12N4. The van der Waals surface area contributed by atoms with Gasteiger partial charge in [0.25, 0.3) is 0 Å². The van der Waals surface area contributed by atoms with Crippen molar-refractivity contribution in [2.24, 2.45) is 0 Å². The number of hydrogen-bond acceptors (Lipinski definition) is 4. The third-order valence-corrected chi connectivity index (χ3v) is 6.63. The van der Waals surface area contributed by atoms with Gasteiger partial charge in [0.15, 0.2) is 0 Å². The monoisotopic (exact) mass is 638 g/mol. The minimum absolute atomic E-state index is 0.513. The fourth-order valence-corrected chi connectivity index (χ4v) is 5.04. The Bertz CT molecular complexity index is 1620. The van der Waals surface area contributed by atoms with Crippen molar-refractivity contribution in [3.05, 3.63) is 82.9 Å². The zero-order chi connectivity index (χ0) is 33.2. The van der Waals surface area contributed by atoms with Crippen molar-refractivity contribution >= 4 is 22.7 Å². The van der Waals surface area contributed by atoms with Crippen LogP contribution in [0.3, 0.4) is 0 Å². The maximum Gasteiger partial charge on any atom is 0.418 e. The largest absolute Gasteiger partial charge is 0.418 e. The molecule has 0 aliphatic rings. The lowest BCUT2D eigenvalue weighted by Gasteiger charge is -2.26. The number of alkyl halides is 12. The van der Waals surface area contributed by atoms with E-state index in [2.05, 4.69) is 0 Å². The Labute approximate surface area is 239 Å². The van der Waals surface area contributed by atoms with Crippen LogP contribution in [0, 0.1) is 0 Å². The van der Waals surface area contributed by atoms with Gasteiger partial charge in [0, 0.05) is 33.9 Å². The van der Waals surface area contributed by atoms with Crippen LogP contribution in [-0.2, 0) is 24.7 Å². The second-order valence-electron chi connectivity index (χ2n) is 9.44. The lowest BCUT2D eigenvalue weighted by Crippen LogP contribution is -2.18. The molecule has 0 spiro atoms. The molecule has 0 heterocycles. The topological polar surface area (TPSA) is 104 Å². The van der Waals surface area contributed by atoms with Gasteiger partial charge in [0.2, 0.25) is 0 Å². The van der Waals surface area contributed by atoms with Crippen molar-refractivity contribution in [1.29, 1.82) is 0 Å². The second kappa shape index (κ2) is 10.4. The zero-order valence-electron chi connectivity index (χ0n) is 21.6.